The summed E-state index contributed by atoms with van der Waals surface area (Å²) in [5.74, 6) is 1.27. The van der Waals surface area contributed by atoms with Gasteiger partial charge in [0.05, 0.1) is 7.11 Å². The van der Waals surface area contributed by atoms with E-state index >= 15 is 0 Å². The second-order valence-corrected chi connectivity index (χ2v) is 4.80. The summed E-state index contributed by atoms with van der Waals surface area (Å²) in [6.45, 7) is 2.49. The number of hydrogen-bond donors (Lipinski definition) is 0. The molecule has 0 N–H and O–H groups in total. The molecule has 0 saturated heterocycles. The van der Waals surface area contributed by atoms with Gasteiger partial charge < -0.3 is 4.74 Å². The third-order valence-corrected chi connectivity index (χ3v) is 3.52. The van der Waals surface area contributed by atoms with Gasteiger partial charge in [-0.25, -0.2) is 4.79 Å². The molecule has 0 unspecified atom stereocenters. The second kappa shape index (κ2) is 5.89. The Labute approximate surface area is 128 Å². The molecule has 0 spiro atoms. The topological polar surface area (TPSA) is 49.0 Å². The standard InChI is InChI=1S/C17H17N3O2/c1-3-19-16(13-9-5-4-6-10-13)18-20(17(19)21)14-11-7-8-12-15(14)22-2/h4-12H,3H2,1-2H3. The molecule has 0 atom stereocenters. The monoisotopic (exact) mass is 295 g/mol. The van der Waals surface area contributed by atoms with Gasteiger partial charge in [-0.2, -0.15) is 4.68 Å². The van der Waals surface area contributed by atoms with E-state index in [1.54, 1.807) is 11.7 Å². The molecule has 0 aliphatic rings. The van der Waals surface area contributed by atoms with Gasteiger partial charge in [0.25, 0.3) is 0 Å². The van der Waals surface area contributed by atoms with Gasteiger partial charge in [0.1, 0.15) is 11.4 Å². The molecular formula is C17H17N3O2. The zero-order valence-electron chi connectivity index (χ0n) is 12.6. The molecule has 0 aliphatic carbocycles. The molecule has 0 amide bonds. The predicted molar refractivity (Wildman–Crippen MR) is 85.5 cm³/mol. The van der Waals surface area contributed by atoms with Crippen molar-refractivity contribution in [2.24, 2.45) is 0 Å². The van der Waals surface area contributed by atoms with E-state index in [1.807, 2.05) is 61.5 Å². The lowest BCUT2D eigenvalue weighted by Crippen LogP contribution is -2.23. The highest BCUT2D eigenvalue weighted by atomic mass is 16.5. The van der Waals surface area contributed by atoms with Crippen LogP contribution in [-0.4, -0.2) is 21.5 Å². The molecule has 0 saturated carbocycles. The maximum atomic E-state index is 12.7. The summed E-state index contributed by atoms with van der Waals surface area (Å²) in [4.78, 5) is 12.7. The lowest BCUT2D eigenvalue weighted by Gasteiger charge is -2.06. The lowest BCUT2D eigenvalue weighted by atomic mass is 10.2. The van der Waals surface area contributed by atoms with Crippen LogP contribution in [0.25, 0.3) is 17.1 Å². The summed E-state index contributed by atoms with van der Waals surface area (Å²) in [7, 11) is 1.58. The maximum Gasteiger partial charge on any atom is 0.351 e. The molecule has 5 heteroatoms. The average molecular weight is 295 g/mol. The van der Waals surface area contributed by atoms with Crippen LogP contribution in [-0.2, 0) is 6.54 Å². The van der Waals surface area contributed by atoms with E-state index in [-0.39, 0.29) is 5.69 Å². The number of methoxy groups -OCH3 is 1. The van der Waals surface area contributed by atoms with Crippen molar-refractivity contribution < 1.29 is 4.74 Å². The molecule has 112 valence electrons. The van der Waals surface area contributed by atoms with Gasteiger partial charge in [0.15, 0.2) is 5.82 Å². The smallest absolute Gasteiger partial charge is 0.351 e. The molecule has 5 nitrogen and oxygen atoms in total. The molecule has 3 aromatic rings. The Morgan fingerprint density at radius 3 is 2.41 bits per heavy atom. The minimum absolute atomic E-state index is 0.175. The number of rotatable bonds is 4. The zero-order chi connectivity index (χ0) is 15.5. The third kappa shape index (κ3) is 2.30. The molecule has 2 aromatic carbocycles. The Morgan fingerprint density at radius 1 is 1.05 bits per heavy atom. The highest BCUT2D eigenvalue weighted by Crippen LogP contribution is 2.22. The largest absolute Gasteiger partial charge is 0.494 e. The van der Waals surface area contributed by atoms with E-state index in [1.165, 1.54) is 4.68 Å². The van der Waals surface area contributed by atoms with Crippen LogP contribution < -0.4 is 10.4 Å². The Balaban J connectivity index is 2.23. The van der Waals surface area contributed by atoms with Gasteiger partial charge in [-0.3, -0.25) is 4.57 Å². The molecule has 0 bridgehead atoms. The van der Waals surface area contributed by atoms with Crippen molar-refractivity contribution in [3.05, 3.63) is 65.1 Å². The number of benzene rings is 2. The van der Waals surface area contributed by atoms with Crippen molar-refractivity contribution in [3.63, 3.8) is 0 Å². The van der Waals surface area contributed by atoms with Crippen molar-refractivity contribution >= 4 is 0 Å². The van der Waals surface area contributed by atoms with Crippen molar-refractivity contribution in [1.29, 1.82) is 0 Å². The van der Waals surface area contributed by atoms with E-state index in [4.69, 9.17) is 4.74 Å². The van der Waals surface area contributed by atoms with Crippen LogP contribution >= 0.6 is 0 Å². The van der Waals surface area contributed by atoms with Gasteiger partial charge in [0.2, 0.25) is 0 Å². The van der Waals surface area contributed by atoms with Crippen molar-refractivity contribution in [1.82, 2.24) is 14.3 Å². The van der Waals surface area contributed by atoms with Gasteiger partial charge in [0, 0.05) is 12.1 Å². The average Bonchev–Trinajstić information content (AvgIpc) is 2.92. The first-order chi connectivity index (χ1) is 10.8. The Bertz CT molecular complexity index is 835. The first kappa shape index (κ1) is 14.1. The summed E-state index contributed by atoms with van der Waals surface area (Å²) in [6.07, 6.45) is 0. The third-order valence-electron chi connectivity index (χ3n) is 3.52. The Hall–Kier alpha value is -2.82. The zero-order valence-corrected chi connectivity index (χ0v) is 12.6. The highest BCUT2D eigenvalue weighted by Gasteiger charge is 2.16. The summed E-state index contributed by atoms with van der Waals surface area (Å²) >= 11 is 0. The number of para-hydroxylation sites is 2. The maximum absolute atomic E-state index is 12.7. The van der Waals surface area contributed by atoms with Gasteiger partial charge in [-0.05, 0) is 19.1 Å². The SMILES string of the molecule is CCn1c(-c2ccccc2)nn(-c2ccccc2OC)c1=O. The predicted octanol–water partition coefficient (Wildman–Crippen LogP) is 2.73. The second-order valence-electron chi connectivity index (χ2n) is 4.80. The van der Waals surface area contributed by atoms with Crippen LogP contribution in [0, 0.1) is 0 Å². The van der Waals surface area contributed by atoms with Gasteiger partial charge in [-0.1, -0.05) is 42.5 Å². The van der Waals surface area contributed by atoms with Gasteiger partial charge in [-0.15, -0.1) is 5.10 Å². The first-order valence-electron chi connectivity index (χ1n) is 7.15. The van der Waals surface area contributed by atoms with E-state index in [9.17, 15) is 4.79 Å². The molecule has 0 fully saturated rings. The quantitative estimate of drug-likeness (QED) is 0.743. The van der Waals surface area contributed by atoms with E-state index in [0.29, 0.717) is 23.8 Å². The number of nitrogens with zero attached hydrogens (tertiary/aromatic N) is 3. The van der Waals surface area contributed by atoms with Crippen LogP contribution in [0.5, 0.6) is 5.75 Å². The fourth-order valence-electron chi connectivity index (χ4n) is 2.44. The molecule has 0 radical (unpaired) electrons. The molecule has 0 aliphatic heterocycles. The summed E-state index contributed by atoms with van der Waals surface area (Å²) in [6, 6.07) is 17.1. The fourth-order valence-corrected chi connectivity index (χ4v) is 2.44. The first-order valence-corrected chi connectivity index (χ1v) is 7.15. The van der Waals surface area contributed by atoms with Crippen LogP contribution in [0.4, 0.5) is 0 Å². The molecular weight excluding hydrogens is 278 g/mol. The number of ether oxygens (including phenoxy) is 1. The Morgan fingerprint density at radius 2 is 1.73 bits per heavy atom. The molecule has 1 heterocycles. The van der Waals surface area contributed by atoms with Crippen LogP contribution in [0.2, 0.25) is 0 Å². The highest BCUT2D eigenvalue weighted by molar-refractivity contribution is 5.55. The minimum atomic E-state index is -0.175. The van der Waals surface area contributed by atoms with Crippen LogP contribution in [0.3, 0.4) is 0 Å². The van der Waals surface area contributed by atoms with Gasteiger partial charge >= 0.3 is 5.69 Å². The van der Waals surface area contributed by atoms with E-state index < -0.39 is 0 Å². The fraction of sp³-hybridized carbons (Fsp3) is 0.176. The molecule has 3 rings (SSSR count). The van der Waals surface area contributed by atoms with Crippen molar-refractivity contribution in [2.75, 3.05) is 7.11 Å². The summed E-state index contributed by atoms with van der Waals surface area (Å²) in [5, 5.41) is 4.52. The van der Waals surface area contributed by atoms with Crippen molar-refractivity contribution in [3.8, 4) is 22.8 Å². The van der Waals surface area contributed by atoms with E-state index in [2.05, 4.69) is 5.10 Å². The van der Waals surface area contributed by atoms with Crippen molar-refractivity contribution in [2.45, 2.75) is 13.5 Å². The summed E-state index contributed by atoms with van der Waals surface area (Å²) < 4.78 is 8.38. The number of aromatic nitrogens is 3. The normalized spacial score (nSPS) is 10.6. The van der Waals surface area contributed by atoms with Crippen LogP contribution in [0.1, 0.15) is 6.92 Å². The lowest BCUT2D eigenvalue weighted by molar-refractivity contribution is 0.411. The molecule has 22 heavy (non-hydrogen) atoms. The summed E-state index contributed by atoms with van der Waals surface area (Å²) in [5.41, 5.74) is 1.38. The van der Waals surface area contributed by atoms with Crippen LogP contribution in [0.15, 0.2) is 59.4 Å². The Kier molecular flexibility index (Phi) is 3.78. The number of hydrogen-bond acceptors (Lipinski definition) is 3. The minimum Gasteiger partial charge on any atom is -0.494 e. The molecule has 1 aromatic heterocycles. The van der Waals surface area contributed by atoms with E-state index in [0.717, 1.165) is 5.56 Å².